The van der Waals surface area contributed by atoms with Gasteiger partial charge in [-0.1, -0.05) is 26.7 Å². The fraction of sp³-hybridized carbons (Fsp3) is 0.818. The maximum Gasteiger partial charge on any atom is 0.223 e. The van der Waals surface area contributed by atoms with Crippen LogP contribution in [-0.4, -0.2) is 18.2 Å². The lowest BCUT2D eigenvalue weighted by Gasteiger charge is -2.17. The second-order valence-corrected chi connectivity index (χ2v) is 4.33. The summed E-state index contributed by atoms with van der Waals surface area (Å²) in [6, 6.07) is -0.442. The molecule has 0 aliphatic heterocycles. The number of nitrogens with one attached hydrogen (secondary N) is 1. The van der Waals surface area contributed by atoms with Gasteiger partial charge in [-0.3, -0.25) is 9.59 Å². The molecule has 1 rings (SSSR count). The first-order valence-electron chi connectivity index (χ1n) is 5.33. The van der Waals surface area contributed by atoms with E-state index < -0.39 is 6.04 Å². The number of carbonyl (C=O) groups is 1. The van der Waals surface area contributed by atoms with E-state index in [2.05, 4.69) is 5.32 Å². The van der Waals surface area contributed by atoms with Gasteiger partial charge in [-0.25, -0.2) is 0 Å². The van der Waals surface area contributed by atoms with Crippen LogP contribution >= 0.6 is 0 Å². The van der Waals surface area contributed by atoms with Crippen molar-refractivity contribution in [2.24, 2.45) is 11.8 Å². The molecule has 0 aromatic rings. The molecule has 1 radical (unpaired) electrons. The number of amides is 1. The van der Waals surface area contributed by atoms with Crippen molar-refractivity contribution in [1.82, 2.24) is 5.32 Å². The van der Waals surface area contributed by atoms with Crippen molar-refractivity contribution < 1.29 is 9.59 Å². The molecule has 14 heavy (non-hydrogen) atoms. The molecule has 0 spiro atoms. The van der Waals surface area contributed by atoms with E-state index in [9.17, 15) is 9.59 Å². The fourth-order valence-corrected chi connectivity index (χ4v) is 1.79. The molecule has 0 saturated heterocycles. The lowest BCUT2D eigenvalue weighted by atomic mass is 10.0. The fourth-order valence-electron chi connectivity index (χ4n) is 1.79. The van der Waals surface area contributed by atoms with Crippen LogP contribution in [0.4, 0.5) is 0 Å². The third-order valence-corrected chi connectivity index (χ3v) is 2.82. The van der Waals surface area contributed by atoms with Gasteiger partial charge in [0.05, 0.1) is 6.04 Å². The van der Waals surface area contributed by atoms with E-state index in [1.807, 2.05) is 20.1 Å². The van der Waals surface area contributed by atoms with E-state index in [4.69, 9.17) is 0 Å². The van der Waals surface area contributed by atoms with Gasteiger partial charge in [0.25, 0.3) is 0 Å². The van der Waals surface area contributed by atoms with Crippen molar-refractivity contribution in [1.29, 1.82) is 0 Å². The van der Waals surface area contributed by atoms with Crippen LogP contribution in [0.15, 0.2) is 0 Å². The molecule has 0 aromatic heterocycles. The molecule has 0 bridgehead atoms. The molecule has 0 aromatic carbocycles. The zero-order valence-corrected chi connectivity index (χ0v) is 8.88. The predicted octanol–water partition coefficient (Wildman–Crippen LogP) is 1.43. The van der Waals surface area contributed by atoms with Crippen LogP contribution in [0, 0.1) is 11.8 Å². The number of hydrogen-bond acceptors (Lipinski definition) is 2. The minimum Gasteiger partial charge on any atom is -0.345 e. The third-order valence-electron chi connectivity index (χ3n) is 2.82. The smallest absolute Gasteiger partial charge is 0.223 e. The molecule has 0 unspecified atom stereocenters. The lowest BCUT2D eigenvalue weighted by molar-refractivity contribution is -0.125. The van der Waals surface area contributed by atoms with Gasteiger partial charge in [-0.2, -0.15) is 0 Å². The van der Waals surface area contributed by atoms with Crippen molar-refractivity contribution in [3.05, 3.63) is 0 Å². The Labute approximate surface area is 85.3 Å². The summed E-state index contributed by atoms with van der Waals surface area (Å²) in [5.41, 5.74) is 0. The Bertz CT molecular complexity index is 207. The molecule has 0 heterocycles. The Kier molecular flexibility index (Phi) is 4.11. The molecule has 3 nitrogen and oxygen atoms in total. The Balaban J connectivity index is 2.41. The van der Waals surface area contributed by atoms with E-state index >= 15 is 0 Å². The van der Waals surface area contributed by atoms with E-state index in [-0.39, 0.29) is 17.7 Å². The van der Waals surface area contributed by atoms with E-state index in [1.54, 1.807) is 0 Å². The van der Waals surface area contributed by atoms with Gasteiger partial charge < -0.3 is 5.32 Å². The molecule has 1 aliphatic rings. The van der Waals surface area contributed by atoms with E-state index in [0.29, 0.717) is 0 Å². The summed E-state index contributed by atoms with van der Waals surface area (Å²) >= 11 is 0. The minimum absolute atomic E-state index is 0.0320. The number of rotatable bonds is 4. The molecule has 1 fully saturated rings. The van der Waals surface area contributed by atoms with Gasteiger partial charge in [0.1, 0.15) is 0 Å². The predicted molar refractivity (Wildman–Crippen MR) is 54.4 cm³/mol. The molecule has 1 aliphatic carbocycles. The van der Waals surface area contributed by atoms with Gasteiger partial charge in [0.15, 0.2) is 0 Å². The van der Waals surface area contributed by atoms with E-state index in [1.165, 1.54) is 0 Å². The summed E-state index contributed by atoms with van der Waals surface area (Å²) in [5.74, 6) is 0.284. The zero-order chi connectivity index (χ0) is 10.6. The first kappa shape index (κ1) is 11.2. The largest absolute Gasteiger partial charge is 0.345 e. The van der Waals surface area contributed by atoms with Crippen LogP contribution in [0.3, 0.4) is 0 Å². The van der Waals surface area contributed by atoms with Crippen molar-refractivity contribution in [3.63, 3.8) is 0 Å². The summed E-state index contributed by atoms with van der Waals surface area (Å²) in [6.45, 7) is 3.81. The van der Waals surface area contributed by atoms with Crippen LogP contribution in [0.2, 0.25) is 0 Å². The number of hydrogen-bond donors (Lipinski definition) is 1. The standard InChI is InChI=1S/C11H18NO2/c1-8(2)10(7-13)12-11(14)9-5-3-4-6-9/h8-10H,3-6H2,1-2H3,(H,12,14)/t10-/m1/s1. The highest BCUT2D eigenvalue weighted by Crippen LogP contribution is 2.24. The topological polar surface area (TPSA) is 46.2 Å². The van der Waals surface area contributed by atoms with Crippen molar-refractivity contribution >= 4 is 12.2 Å². The summed E-state index contributed by atoms with van der Waals surface area (Å²) in [7, 11) is 0. The first-order valence-corrected chi connectivity index (χ1v) is 5.33. The lowest BCUT2D eigenvalue weighted by Crippen LogP contribution is -2.42. The van der Waals surface area contributed by atoms with Gasteiger partial charge in [0.2, 0.25) is 12.2 Å². The molecule has 3 heteroatoms. The average Bonchev–Trinajstić information content (AvgIpc) is 2.65. The molecule has 1 saturated carbocycles. The maximum absolute atomic E-state index is 11.6. The highest BCUT2D eigenvalue weighted by atomic mass is 16.2. The summed E-state index contributed by atoms with van der Waals surface area (Å²) in [6.07, 6.45) is 6.08. The summed E-state index contributed by atoms with van der Waals surface area (Å²) in [5, 5.41) is 2.75. The van der Waals surface area contributed by atoms with Crippen LogP contribution in [-0.2, 0) is 9.59 Å². The third kappa shape index (κ3) is 2.82. The molecule has 1 atom stereocenters. The minimum atomic E-state index is -0.442. The molecular formula is C11H18NO2. The maximum atomic E-state index is 11.6. The van der Waals surface area contributed by atoms with Crippen LogP contribution in [0.5, 0.6) is 0 Å². The number of carbonyl (C=O) groups excluding carboxylic acids is 2. The second-order valence-electron chi connectivity index (χ2n) is 4.33. The Morgan fingerprint density at radius 3 is 2.36 bits per heavy atom. The van der Waals surface area contributed by atoms with Crippen molar-refractivity contribution in [2.75, 3.05) is 0 Å². The van der Waals surface area contributed by atoms with Gasteiger partial charge >= 0.3 is 0 Å². The van der Waals surface area contributed by atoms with Gasteiger partial charge in [-0.05, 0) is 18.8 Å². The Morgan fingerprint density at radius 2 is 1.93 bits per heavy atom. The normalized spacial score (nSPS) is 19.6. The van der Waals surface area contributed by atoms with Gasteiger partial charge in [0, 0.05) is 5.92 Å². The Morgan fingerprint density at radius 1 is 1.36 bits per heavy atom. The summed E-state index contributed by atoms with van der Waals surface area (Å²) in [4.78, 5) is 22.2. The molecular weight excluding hydrogens is 178 g/mol. The SMILES string of the molecule is CC(C)[C@@H]([C]=O)NC(=O)C1CCCC1. The average molecular weight is 196 g/mol. The molecule has 1 N–H and O–H groups in total. The van der Waals surface area contributed by atoms with E-state index in [0.717, 1.165) is 25.7 Å². The summed E-state index contributed by atoms with van der Waals surface area (Å²) < 4.78 is 0. The zero-order valence-electron chi connectivity index (χ0n) is 8.88. The monoisotopic (exact) mass is 196 g/mol. The molecule has 79 valence electrons. The van der Waals surface area contributed by atoms with Gasteiger partial charge in [-0.15, -0.1) is 0 Å². The highest BCUT2D eigenvalue weighted by Gasteiger charge is 2.25. The quantitative estimate of drug-likeness (QED) is 0.739. The van der Waals surface area contributed by atoms with Crippen LogP contribution < -0.4 is 5.32 Å². The van der Waals surface area contributed by atoms with Crippen LogP contribution in [0.1, 0.15) is 39.5 Å². The second kappa shape index (κ2) is 5.13. The highest BCUT2D eigenvalue weighted by molar-refractivity contribution is 5.82. The van der Waals surface area contributed by atoms with Crippen molar-refractivity contribution in [2.45, 2.75) is 45.6 Å². The molecule has 1 amide bonds. The first-order chi connectivity index (χ1) is 6.65. The Hall–Kier alpha value is -0.860. The van der Waals surface area contributed by atoms with Crippen molar-refractivity contribution in [3.8, 4) is 0 Å². The van der Waals surface area contributed by atoms with Crippen LogP contribution in [0.25, 0.3) is 0 Å².